The Balaban J connectivity index is 2.92. The summed E-state index contributed by atoms with van der Waals surface area (Å²) >= 11 is 0. The van der Waals surface area contributed by atoms with Gasteiger partial charge in [-0.1, -0.05) is 58.8 Å². The molecule has 1 aromatic rings. The molecule has 0 aromatic heterocycles. The number of hydrogen-bond donors (Lipinski definition) is 1. The van der Waals surface area contributed by atoms with Crippen LogP contribution < -0.4 is 14.2 Å². The van der Waals surface area contributed by atoms with E-state index in [9.17, 15) is 13.0 Å². The Bertz CT molecular complexity index is 747. The number of hydrogen-bond acceptors (Lipinski definition) is 6. The summed E-state index contributed by atoms with van der Waals surface area (Å²) in [6, 6.07) is 1.61. The van der Waals surface area contributed by atoms with E-state index in [0.717, 1.165) is 38.5 Å². The molecule has 0 saturated heterocycles. The lowest BCUT2D eigenvalue weighted by molar-refractivity contribution is 0.128. The Morgan fingerprint density at radius 2 is 1.38 bits per heavy atom. The molecule has 32 heavy (non-hydrogen) atoms. The lowest BCUT2D eigenvalue weighted by atomic mass is 10.1. The molecule has 0 radical (unpaired) electrons. The molecule has 0 spiro atoms. The van der Waals surface area contributed by atoms with Gasteiger partial charge in [0.2, 0.25) is 5.75 Å². The van der Waals surface area contributed by atoms with E-state index in [1.807, 2.05) is 0 Å². The molecule has 0 aliphatic heterocycles. The zero-order valence-electron chi connectivity index (χ0n) is 20.3. The van der Waals surface area contributed by atoms with E-state index < -0.39 is 10.1 Å². The fourth-order valence-corrected chi connectivity index (χ4v) is 4.47. The number of unbranched alkanes of at least 4 members (excludes halogenated alkanes) is 7. The normalized spacial score (nSPS) is 11.5. The van der Waals surface area contributed by atoms with Crippen LogP contribution in [-0.2, 0) is 21.3 Å². The molecule has 1 aromatic carbocycles. The smallest absolute Gasteiger partial charge is 0.298 e. The van der Waals surface area contributed by atoms with Gasteiger partial charge in [-0.15, -0.1) is 0 Å². The highest BCUT2D eigenvalue weighted by Gasteiger charge is 2.28. The average molecular weight is 475 g/mol. The highest BCUT2D eigenvalue weighted by atomic mass is 32.2. The third kappa shape index (κ3) is 9.96. The summed E-state index contributed by atoms with van der Waals surface area (Å²) < 4.78 is 56.7. The summed E-state index contributed by atoms with van der Waals surface area (Å²) in [4.78, 5) is -0.260. The van der Waals surface area contributed by atoms with Gasteiger partial charge in [-0.05, 0) is 37.3 Å². The maximum Gasteiger partial charge on any atom is 0.298 e. The third-order valence-corrected chi connectivity index (χ3v) is 6.25. The van der Waals surface area contributed by atoms with Crippen LogP contribution in [0.2, 0.25) is 0 Å². The van der Waals surface area contributed by atoms with Crippen molar-refractivity contribution in [1.29, 1.82) is 0 Å². The highest BCUT2D eigenvalue weighted by molar-refractivity contribution is 7.86. The van der Waals surface area contributed by atoms with Crippen molar-refractivity contribution >= 4 is 10.1 Å². The largest absolute Gasteiger partial charge is 0.493 e. The first-order valence-electron chi connectivity index (χ1n) is 11.9. The van der Waals surface area contributed by atoms with Gasteiger partial charge in [-0.2, -0.15) is 8.42 Å². The number of ether oxygens (including phenoxy) is 4. The molecule has 7 nitrogen and oxygen atoms in total. The highest BCUT2D eigenvalue weighted by Crippen LogP contribution is 2.44. The van der Waals surface area contributed by atoms with Crippen molar-refractivity contribution in [3.63, 3.8) is 0 Å². The molecule has 0 aliphatic carbocycles. The summed E-state index contributed by atoms with van der Waals surface area (Å²) in [5.74, 6) is 0.576. The molecule has 0 fully saturated rings. The van der Waals surface area contributed by atoms with Gasteiger partial charge in [0.1, 0.15) is 4.90 Å². The summed E-state index contributed by atoms with van der Waals surface area (Å²) in [6.45, 7) is 5.93. The number of methoxy groups -OCH3 is 2. The van der Waals surface area contributed by atoms with E-state index in [2.05, 4.69) is 13.8 Å². The molecular formula is C24H42O7S. The van der Waals surface area contributed by atoms with E-state index in [4.69, 9.17) is 18.9 Å². The molecule has 0 bridgehead atoms. The molecule has 1 N–H and O–H groups in total. The Morgan fingerprint density at radius 1 is 0.781 bits per heavy atom. The second-order valence-corrected chi connectivity index (χ2v) is 9.30. The molecule has 0 atom stereocenters. The summed E-state index contributed by atoms with van der Waals surface area (Å²) in [6.07, 6.45) is 10.9. The van der Waals surface area contributed by atoms with Gasteiger partial charge < -0.3 is 18.9 Å². The predicted molar refractivity (Wildman–Crippen MR) is 127 cm³/mol. The SMILES string of the molecule is CCCCCCCCOc1c(OC)cc(CCCOCCCCC)c(S(=O)(=O)O)c1OC. The summed E-state index contributed by atoms with van der Waals surface area (Å²) in [5, 5.41) is 0. The second kappa shape index (κ2) is 16.2. The average Bonchev–Trinajstić information content (AvgIpc) is 2.76. The Labute approximate surface area is 194 Å². The first kappa shape index (κ1) is 28.5. The first-order valence-corrected chi connectivity index (χ1v) is 13.3. The lowest BCUT2D eigenvalue weighted by Crippen LogP contribution is -2.11. The van der Waals surface area contributed by atoms with Crippen LogP contribution in [0.1, 0.15) is 83.6 Å². The van der Waals surface area contributed by atoms with Crippen molar-refractivity contribution in [2.24, 2.45) is 0 Å². The van der Waals surface area contributed by atoms with Crippen molar-refractivity contribution in [3.05, 3.63) is 11.6 Å². The van der Waals surface area contributed by atoms with Gasteiger partial charge in [0.15, 0.2) is 11.5 Å². The minimum atomic E-state index is -4.53. The van der Waals surface area contributed by atoms with Crippen molar-refractivity contribution < 1.29 is 31.9 Å². The van der Waals surface area contributed by atoms with E-state index in [1.54, 1.807) is 6.07 Å². The van der Waals surface area contributed by atoms with Crippen LogP contribution in [0, 0.1) is 0 Å². The van der Waals surface area contributed by atoms with E-state index in [-0.39, 0.29) is 16.4 Å². The van der Waals surface area contributed by atoms with Gasteiger partial charge >= 0.3 is 0 Å². The van der Waals surface area contributed by atoms with E-state index in [0.29, 0.717) is 44.0 Å². The van der Waals surface area contributed by atoms with Crippen LogP contribution in [0.3, 0.4) is 0 Å². The van der Waals surface area contributed by atoms with Crippen LogP contribution in [0.15, 0.2) is 11.0 Å². The van der Waals surface area contributed by atoms with Gasteiger partial charge in [0, 0.05) is 13.2 Å². The van der Waals surface area contributed by atoms with Crippen LogP contribution in [0.25, 0.3) is 0 Å². The standard InChI is InChI=1S/C24H42O7S/c1-5-7-9-10-11-13-18-31-22-21(28-3)19-20(15-14-17-30-16-12-8-6-2)24(23(22)29-4)32(25,26)27/h19H,5-18H2,1-4H3,(H,25,26,27). The third-order valence-electron chi connectivity index (χ3n) is 5.29. The number of rotatable bonds is 19. The predicted octanol–water partition coefficient (Wildman–Crippen LogP) is 5.83. The Kier molecular flexibility index (Phi) is 14.4. The number of aryl methyl sites for hydroxylation is 1. The van der Waals surface area contributed by atoms with Crippen LogP contribution in [-0.4, -0.2) is 47.0 Å². The molecular weight excluding hydrogens is 432 g/mol. The molecule has 0 heterocycles. The molecule has 186 valence electrons. The molecule has 0 saturated carbocycles. The fourth-order valence-electron chi connectivity index (χ4n) is 3.57. The van der Waals surface area contributed by atoms with Gasteiger partial charge in [0.05, 0.1) is 20.8 Å². The number of benzene rings is 1. The fraction of sp³-hybridized carbons (Fsp3) is 0.750. The maximum absolute atomic E-state index is 12.2. The lowest BCUT2D eigenvalue weighted by Gasteiger charge is -2.19. The molecule has 0 unspecified atom stereocenters. The van der Waals surface area contributed by atoms with Gasteiger partial charge in [-0.3, -0.25) is 4.55 Å². The summed E-state index contributed by atoms with van der Waals surface area (Å²) in [5.41, 5.74) is 0.422. The summed E-state index contributed by atoms with van der Waals surface area (Å²) in [7, 11) is -1.66. The van der Waals surface area contributed by atoms with Crippen molar-refractivity contribution in [2.75, 3.05) is 34.0 Å². The maximum atomic E-state index is 12.2. The first-order chi connectivity index (χ1) is 15.4. The zero-order valence-corrected chi connectivity index (χ0v) is 21.1. The molecule has 0 amide bonds. The Morgan fingerprint density at radius 3 is 2.00 bits per heavy atom. The molecule has 0 aliphatic rings. The van der Waals surface area contributed by atoms with E-state index in [1.165, 1.54) is 33.5 Å². The van der Waals surface area contributed by atoms with Crippen LogP contribution in [0.5, 0.6) is 17.2 Å². The topological polar surface area (TPSA) is 91.3 Å². The quantitative estimate of drug-likeness (QED) is 0.199. The van der Waals surface area contributed by atoms with Gasteiger partial charge in [0.25, 0.3) is 10.1 Å². The van der Waals surface area contributed by atoms with Crippen molar-refractivity contribution in [2.45, 2.75) is 89.4 Å². The van der Waals surface area contributed by atoms with Crippen molar-refractivity contribution in [1.82, 2.24) is 0 Å². The van der Waals surface area contributed by atoms with Gasteiger partial charge in [-0.25, -0.2) is 0 Å². The Hall–Kier alpha value is -1.51. The molecule has 8 heteroatoms. The van der Waals surface area contributed by atoms with Crippen LogP contribution in [0.4, 0.5) is 0 Å². The van der Waals surface area contributed by atoms with E-state index >= 15 is 0 Å². The monoisotopic (exact) mass is 474 g/mol. The minimum Gasteiger partial charge on any atom is -0.493 e. The minimum absolute atomic E-state index is 0.0169. The molecule has 1 rings (SSSR count). The van der Waals surface area contributed by atoms with Crippen LogP contribution >= 0.6 is 0 Å². The second-order valence-electron chi connectivity index (χ2n) is 7.94. The van der Waals surface area contributed by atoms with Crippen molar-refractivity contribution in [3.8, 4) is 17.2 Å². The zero-order chi connectivity index (χ0) is 23.8.